The lowest BCUT2D eigenvalue weighted by Gasteiger charge is -2.10. The van der Waals surface area contributed by atoms with E-state index in [1.165, 1.54) is 12.1 Å². The van der Waals surface area contributed by atoms with Crippen LogP contribution in [0.4, 0.5) is 13.2 Å². The fraction of sp³-hybridized carbons (Fsp3) is 0.118. The summed E-state index contributed by atoms with van der Waals surface area (Å²) in [6, 6.07) is 10.4. The van der Waals surface area contributed by atoms with Gasteiger partial charge in [-0.05, 0) is 19.1 Å². The molecular formula is C17H12F3NOS. The molecule has 0 amide bonds. The molecule has 0 radical (unpaired) electrons. The second-order valence-electron chi connectivity index (χ2n) is 5.03. The lowest BCUT2D eigenvalue weighted by atomic mass is 10.1. The molecular weight excluding hydrogens is 323 g/mol. The van der Waals surface area contributed by atoms with E-state index in [4.69, 9.17) is 0 Å². The molecule has 0 unspecified atom stereocenters. The van der Waals surface area contributed by atoms with Gasteiger partial charge in [-0.1, -0.05) is 30.3 Å². The molecule has 0 spiro atoms. The van der Waals surface area contributed by atoms with E-state index in [1.807, 2.05) is 0 Å². The van der Waals surface area contributed by atoms with Crippen LogP contribution in [0.25, 0.3) is 21.8 Å². The van der Waals surface area contributed by atoms with E-state index >= 15 is 0 Å². The largest absolute Gasteiger partial charge is 0.508 e. The molecule has 0 aliphatic heterocycles. The Bertz CT molecular complexity index is 855. The highest BCUT2D eigenvalue weighted by Gasteiger charge is 2.34. The number of nitrogens with zero attached hydrogens (tertiary/aromatic N) is 1. The van der Waals surface area contributed by atoms with E-state index in [-0.39, 0.29) is 11.3 Å². The van der Waals surface area contributed by atoms with Crippen molar-refractivity contribution in [3.63, 3.8) is 0 Å². The quantitative estimate of drug-likeness (QED) is 0.670. The summed E-state index contributed by atoms with van der Waals surface area (Å²) in [5.41, 5.74) is 1.27. The van der Waals surface area contributed by atoms with Gasteiger partial charge in [0.05, 0.1) is 11.3 Å². The SMILES string of the molecule is Cc1c(O)cccc1-c1csc(-c2ccccc2C(F)(F)F)n1. The summed E-state index contributed by atoms with van der Waals surface area (Å²) in [5.74, 6) is 0.132. The Labute approximate surface area is 134 Å². The number of alkyl halides is 3. The van der Waals surface area contributed by atoms with E-state index in [9.17, 15) is 18.3 Å². The number of aromatic hydroxyl groups is 1. The van der Waals surface area contributed by atoms with Crippen molar-refractivity contribution in [1.29, 1.82) is 0 Å². The van der Waals surface area contributed by atoms with Gasteiger partial charge in [-0.2, -0.15) is 13.2 Å². The topological polar surface area (TPSA) is 33.1 Å². The fourth-order valence-electron chi connectivity index (χ4n) is 2.34. The van der Waals surface area contributed by atoms with E-state index in [2.05, 4.69) is 4.98 Å². The summed E-state index contributed by atoms with van der Waals surface area (Å²) in [6.07, 6.45) is -4.43. The van der Waals surface area contributed by atoms with Crippen molar-refractivity contribution >= 4 is 11.3 Å². The highest BCUT2D eigenvalue weighted by molar-refractivity contribution is 7.13. The van der Waals surface area contributed by atoms with Crippen molar-refractivity contribution in [2.24, 2.45) is 0 Å². The molecule has 2 aromatic carbocycles. The van der Waals surface area contributed by atoms with Crippen molar-refractivity contribution in [1.82, 2.24) is 4.98 Å². The molecule has 0 bridgehead atoms. The van der Waals surface area contributed by atoms with Crippen molar-refractivity contribution < 1.29 is 18.3 Å². The van der Waals surface area contributed by atoms with E-state index < -0.39 is 11.7 Å². The molecule has 1 N–H and O–H groups in total. The normalized spacial score (nSPS) is 11.7. The zero-order valence-corrected chi connectivity index (χ0v) is 12.9. The molecule has 23 heavy (non-hydrogen) atoms. The number of hydrogen-bond donors (Lipinski definition) is 1. The highest BCUT2D eigenvalue weighted by atomic mass is 32.1. The molecule has 2 nitrogen and oxygen atoms in total. The van der Waals surface area contributed by atoms with Crippen LogP contribution in [0.1, 0.15) is 11.1 Å². The Morgan fingerprint density at radius 1 is 1.00 bits per heavy atom. The van der Waals surface area contributed by atoms with Gasteiger partial charge >= 0.3 is 6.18 Å². The number of halogens is 3. The Morgan fingerprint density at radius 3 is 2.43 bits per heavy atom. The van der Waals surface area contributed by atoms with Crippen LogP contribution in [0.2, 0.25) is 0 Å². The molecule has 3 rings (SSSR count). The summed E-state index contributed by atoms with van der Waals surface area (Å²) in [7, 11) is 0. The summed E-state index contributed by atoms with van der Waals surface area (Å²) in [5, 5.41) is 11.8. The van der Waals surface area contributed by atoms with Crippen LogP contribution in [0.3, 0.4) is 0 Å². The first-order valence-electron chi connectivity index (χ1n) is 6.79. The van der Waals surface area contributed by atoms with Crippen LogP contribution in [0.5, 0.6) is 5.75 Å². The number of phenolic OH excluding ortho intramolecular Hbond substituents is 1. The molecule has 0 aliphatic carbocycles. The Balaban J connectivity index is 2.09. The number of benzene rings is 2. The van der Waals surface area contributed by atoms with E-state index in [0.29, 0.717) is 21.8 Å². The maximum atomic E-state index is 13.1. The molecule has 118 valence electrons. The number of aromatic nitrogens is 1. The average molecular weight is 335 g/mol. The summed E-state index contributed by atoms with van der Waals surface area (Å²) in [6.45, 7) is 1.74. The molecule has 3 aromatic rings. The first-order valence-corrected chi connectivity index (χ1v) is 7.67. The van der Waals surface area contributed by atoms with Gasteiger partial charge in [0.1, 0.15) is 10.8 Å². The summed E-state index contributed by atoms with van der Waals surface area (Å²) in [4.78, 5) is 4.33. The Morgan fingerprint density at radius 2 is 1.70 bits per heavy atom. The van der Waals surface area contributed by atoms with Crippen LogP contribution in [-0.4, -0.2) is 10.1 Å². The van der Waals surface area contributed by atoms with Crippen LogP contribution in [0, 0.1) is 6.92 Å². The first-order chi connectivity index (χ1) is 10.9. The van der Waals surface area contributed by atoms with Gasteiger partial charge in [0.2, 0.25) is 0 Å². The minimum Gasteiger partial charge on any atom is -0.508 e. The zero-order valence-electron chi connectivity index (χ0n) is 12.1. The van der Waals surface area contributed by atoms with Crippen molar-refractivity contribution in [3.8, 4) is 27.6 Å². The van der Waals surface area contributed by atoms with Crippen molar-refractivity contribution in [2.45, 2.75) is 13.1 Å². The molecule has 0 atom stereocenters. The molecule has 0 fully saturated rings. The monoisotopic (exact) mass is 335 g/mol. The minimum absolute atomic E-state index is 0.0639. The maximum absolute atomic E-state index is 13.1. The average Bonchev–Trinajstić information content (AvgIpc) is 2.99. The summed E-state index contributed by atoms with van der Waals surface area (Å²) >= 11 is 1.15. The molecule has 6 heteroatoms. The molecule has 1 aromatic heterocycles. The Kier molecular flexibility index (Phi) is 3.85. The van der Waals surface area contributed by atoms with Gasteiger partial charge in [-0.15, -0.1) is 11.3 Å². The fourth-order valence-corrected chi connectivity index (χ4v) is 3.20. The van der Waals surface area contributed by atoms with Crippen LogP contribution >= 0.6 is 11.3 Å². The van der Waals surface area contributed by atoms with Crippen molar-refractivity contribution in [2.75, 3.05) is 0 Å². The third-order valence-corrected chi connectivity index (χ3v) is 4.42. The highest BCUT2D eigenvalue weighted by Crippen LogP contribution is 2.39. The lowest BCUT2D eigenvalue weighted by Crippen LogP contribution is -2.06. The number of rotatable bonds is 2. The number of hydrogen-bond acceptors (Lipinski definition) is 3. The van der Waals surface area contributed by atoms with Gasteiger partial charge in [0.25, 0.3) is 0 Å². The van der Waals surface area contributed by atoms with Gasteiger partial charge in [0, 0.05) is 22.1 Å². The third kappa shape index (κ3) is 2.94. The van der Waals surface area contributed by atoms with Gasteiger partial charge in [0.15, 0.2) is 0 Å². The molecule has 0 saturated heterocycles. The lowest BCUT2D eigenvalue weighted by molar-refractivity contribution is -0.137. The van der Waals surface area contributed by atoms with Gasteiger partial charge in [-0.25, -0.2) is 4.98 Å². The zero-order chi connectivity index (χ0) is 16.6. The molecule has 0 aliphatic rings. The van der Waals surface area contributed by atoms with Crippen LogP contribution in [0.15, 0.2) is 47.8 Å². The van der Waals surface area contributed by atoms with Crippen LogP contribution in [-0.2, 0) is 6.18 Å². The number of phenols is 1. The van der Waals surface area contributed by atoms with Crippen molar-refractivity contribution in [3.05, 3.63) is 59.0 Å². The first kappa shape index (κ1) is 15.6. The molecule has 0 saturated carbocycles. The third-order valence-electron chi connectivity index (χ3n) is 3.55. The van der Waals surface area contributed by atoms with Gasteiger partial charge in [-0.3, -0.25) is 0 Å². The standard InChI is InChI=1S/C17H12F3NOS/c1-10-11(6-4-8-15(10)22)14-9-23-16(21-14)12-5-2-3-7-13(12)17(18,19)20/h2-9,22H,1H3. The second-order valence-corrected chi connectivity index (χ2v) is 5.89. The summed E-state index contributed by atoms with van der Waals surface area (Å²) < 4.78 is 39.4. The minimum atomic E-state index is -4.43. The maximum Gasteiger partial charge on any atom is 0.417 e. The van der Waals surface area contributed by atoms with Gasteiger partial charge < -0.3 is 5.11 Å². The van der Waals surface area contributed by atoms with E-state index in [0.717, 1.165) is 17.4 Å². The van der Waals surface area contributed by atoms with Crippen LogP contribution < -0.4 is 0 Å². The smallest absolute Gasteiger partial charge is 0.417 e. The van der Waals surface area contributed by atoms with E-state index in [1.54, 1.807) is 36.6 Å². The molecule has 1 heterocycles. The number of thiazole rings is 1. The Hall–Kier alpha value is -2.34. The predicted octanol–water partition coefficient (Wildman–Crippen LogP) is 5.51. The predicted molar refractivity (Wildman–Crippen MR) is 84.4 cm³/mol. The second kappa shape index (κ2) is 5.70.